The third kappa shape index (κ3) is 4.41. The lowest BCUT2D eigenvalue weighted by atomic mass is 10.1. The lowest BCUT2D eigenvalue weighted by Crippen LogP contribution is -2.14. The Bertz CT molecular complexity index is 1210. The summed E-state index contributed by atoms with van der Waals surface area (Å²) in [5, 5.41) is 7.17. The van der Waals surface area contributed by atoms with Crippen molar-refractivity contribution in [2.75, 3.05) is 5.32 Å². The molecule has 4 rings (SSSR count). The van der Waals surface area contributed by atoms with Gasteiger partial charge >= 0.3 is 0 Å². The van der Waals surface area contributed by atoms with E-state index in [-0.39, 0.29) is 5.91 Å². The highest BCUT2D eigenvalue weighted by molar-refractivity contribution is 5.91. The summed E-state index contributed by atoms with van der Waals surface area (Å²) in [5.74, 6) is 0.534. The second-order valence-electron chi connectivity index (χ2n) is 6.99. The smallest absolute Gasteiger partial charge is 0.252 e. The number of nitrogens with one attached hydrogen (secondary N) is 1. The largest absolute Gasteiger partial charge is 0.326 e. The molecular formula is C23H22N6O. The lowest BCUT2D eigenvalue weighted by molar-refractivity contribution is -0.116. The summed E-state index contributed by atoms with van der Waals surface area (Å²) < 4.78 is 1.71. The maximum atomic E-state index is 12.5. The molecule has 0 bridgehead atoms. The van der Waals surface area contributed by atoms with Gasteiger partial charge in [0.25, 0.3) is 5.78 Å². The van der Waals surface area contributed by atoms with Crippen LogP contribution in [-0.4, -0.2) is 30.5 Å². The molecule has 4 aromatic rings. The van der Waals surface area contributed by atoms with Crippen LogP contribution in [0.5, 0.6) is 0 Å². The van der Waals surface area contributed by atoms with Crippen LogP contribution in [0, 0.1) is 13.8 Å². The monoisotopic (exact) mass is 398 g/mol. The second kappa shape index (κ2) is 8.65. The van der Waals surface area contributed by atoms with Crippen molar-refractivity contribution >= 4 is 29.5 Å². The first-order valence-corrected chi connectivity index (χ1v) is 9.75. The Morgan fingerprint density at radius 2 is 2.00 bits per heavy atom. The highest BCUT2D eigenvalue weighted by Gasteiger charge is 2.12. The molecule has 0 aliphatic carbocycles. The van der Waals surface area contributed by atoms with E-state index in [2.05, 4.69) is 25.4 Å². The maximum Gasteiger partial charge on any atom is 0.252 e. The molecule has 0 fully saturated rings. The van der Waals surface area contributed by atoms with Gasteiger partial charge in [0, 0.05) is 29.7 Å². The van der Waals surface area contributed by atoms with Gasteiger partial charge in [0.2, 0.25) is 5.91 Å². The first-order chi connectivity index (χ1) is 14.6. The SMILES string of the molecule is Cc1nc2ncnn2c(C)c1CCC(=O)Nc1cccc(C=Cc2ccccn2)c1. The van der Waals surface area contributed by atoms with Gasteiger partial charge in [-0.2, -0.15) is 10.1 Å². The van der Waals surface area contributed by atoms with Crippen molar-refractivity contribution in [1.82, 2.24) is 24.6 Å². The van der Waals surface area contributed by atoms with E-state index < -0.39 is 0 Å². The summed E-state index contributed by atoms with van der Waals surface area (Å²) in [5.41, 5.74) is 5.50. The molecule has 0 unspecified atom stereocenters. The highest BCUT2D eigenvalue weighted by atomic mass is 16.1. The number of carbonyl (C=O) groups is 1. The van der Waals surface area contributed by atoms with Crippen LogP contribution in [0.1, 0.15) is 34.6 Å². The van der Waals surface area contributed by atoms with Crippen molar-refractivity contribution in [2.24, 2.45) is 0 Å². The number of amides is 1. The molecule has 0 aliphatic rings. The number of aryl methyl sites for hydroxylation is 2. The van der Waals surface area contributed by atoms with E-state index in [0.29, 0.717) is 18.6 Å². The van der Waals surface area contributed by atoms with E-state index in [1.165, 1.54) is 6.33 Å². The molecule has 1 aromatic carbocycles. The normalized spacial score (nSPS) is 11.3. The number of fused-ring (bicyclic) bond motifs is 1. The fourth-order valence-corrected chi connectivity index (χ4v) is 3.36. The summed E-state index contributed by atoms with van der Waals surface area (Å²) in [6.45, 7) is 3.91. The summed E-state index contributed by atoms with van der Waals surface area (Å²) in [6.07, 6.45) is 8.11. The van der Waals surface area contributed by atoms with Gasteiger partial charge in [-0.05, 0) is 61.7 Å². The van der Waals surface area contributed by atoms with Gasteiger partial charge in [-0.15, -0.1) is 0 Å². The van der Waals surface area contributed by atoms with Crippen LogP contribution in [0.25, 0.3) is 17.9 Å². The molecule has 0 saturated carbocycles. The summed E-state index contributed by atoms with van der Waals surface area (Å²) in [6, 6.07) is 13.5. The van der Waals surface area contributed by atoms with E-state index >= 15 is 0 Å². The molecule has 150 valence electrons. The van der Waals surface area contributed by atoms with Crippen molar-refractivity contribution in [3.63, 3.8) is 0 Å². The predicted octanol–water partition coefficient (Wildman–Crippen LogP) is 3.88. The van der Waals surface area contributed by atoms with Gasteiger partial charge in [0.1, 0.15) is 6.33 Å². The minimum atomic E-state index is -0.0432. The Morgan fingerprint density at radius 1 is 1.10 bits per heavy atom. The zero-order valence-corrected chi connectivity index (χ0v) is 16.9. The van der Waals surface area contributed by atoms with Crippen molar-refractivity contribution in [3.8, 4) is 0 Å². The number of nitrogens with zero attached hydrogens (tertiary/aromatic N) is 5. The maximum absolute atomic E-state index is 12.5. The van der Waals surface area contributed by atoms with Crippen LogP contribution in [0.2, 0.25) is 0 Å². The second-order valence-corrected chi connectivity index (χ2v) is 6.99. The van der Waals surface area contributed by atoms with Crippen LogP contribution in [0.3, 0.4) is 0 Å². The molecule has 30 heavy (non-hydrogen) atoms. The number of rotatable bonds is 6. The number of carbonyl (C=O) groups excluding carboxylic acids is 1. The average Bonchev–Trinajstić information content (AvgIpc) is 3.22. The number of pyridine rings is 1. The molecule has 3 aromatic heterocycles. The molecule has 7 heteroatoms. The number of aromatic nitrogens is 5. The molecule has 1 N–H and O–H groups in total. The highest BCUT2D eigenvalue weighted by Crippen LogP contribution is 2.17. The van der Waals surface area contributed by atoms with E-state index in [1.54, 1.807) is 10.7 Å². The zero-order chi connectivity index (χ0) is 20.9. The quantitative estimate of drug-likeness (QED) is 0.533. The molecule has 0 saturated heterocycles. The molecule has 0 radical (unpaired) electrons. The summed E-state index contributed by atoms with van der Waals surface area (Å²) in [4.78, 5) is 25.4. The standard InChI is InChI=1S/C23H22N6O/c1-16-21(17(2)29-23(27-16)25-15-26-29)11-12-22(30)28-20-8-5-6-18(14-20)9-10-19-7-3-4-13-24-19/h3-10,13-15H,11-12H2,1-2H3,(H,28,30). The van der Waals surface area contributed by atoms with Gasteiger partial charge in [-0.25, -0.2) is 9.50 Å². The summed E-state index contributed by atoms with van der Waals surface area (Å²) in [7, 11) is 0. The number of anilines is 1. The molecule has 0 atom stereocenters. The van der Waals surface area contributed by atoms with Crippen molar-refractivity contribution in [1.29, 1.82) is 0 Å². The fourth-order valence-electron chi connectivity index (χ4n) is 3.36. The van der Waals surface area contributed by atoms with E-state index in [1.807, 2.05) is 68.5 Å². The lowest BCUT2D eigenvalue weighted by Gasteiger charge is -2.11. The molecular weight excluding hydrogens is 376 g/mol. The Labute approximate surface area is 174 Å². The number of hydrogen-bond donors (Lipinski definition) is 1. The number of benzene rings is 1. The van der Waals surface area contributed by atoms with Crippen LogP contribution in [-0.2, 0) is 11.2 Å². The third-order valence-corrected chi connectivity index (χ3v) is 4.90. The third-order valence-electron chi connectivity index (χ3n) is 4.90. The molecule has 0 aliphatic heterocycles. The first kappa shape index (κ1) is 19.4. The van der Waals surface area contributed by atoms with Gasteiger partial charge in [0.15, 0.2) is 0 Å². The van der Waals surface area contributed by atoms with Crippen molar-refractivity contribution in [3.05, 3.63) is 83.2 Å². The minimum absolute atomic E-state index is 0.0432. The Morgan fingerprint density at radius 3 is 2.83 bits per heavy atom. The van der Waals surface area contributed by atoms with Crippen molar-refractivity contribution < 1.29 is 4.79 Å². The summed E-state index contributed by atoms with van der Waals surface area (Å²) >= 11 is 0. The number of hydrogen-bond acceptors (Lipinski definition) is 5. The van der Waals surface area contributed by atoms with Crippen LogP contribution in [0.4, 0.5) is 5.69 Å². The molecule has 7 nitrogen and oxygen atoms in total. The Hall–Kier alpha value is -3.87. The van der Waals surface area contributed by atoms with Crippen LogP contribution in [0.15, 0.2) is 55.0 Å². The van der Waals surface area contributed by atoms with Crippen LogP contribution >= 0.6 is 0 Å². The predicted molar refractivity (Wildman–Crippen MR) is 117 cm³/mol. The van der Waals surface area contributed by atoms with Gasteiger partial charge in [-0.3, -0.25) is 9.78 Å². The first-order valence-electron chi connectivity index (χ1n) is 9.75. The Kier molecular flexibility index (Phi) is 5.61. The molecule has 3 heterocycles. The van der Waals surface area contributed by atoms with Gasteiger partial charge in [0.05, 0.1) is 5.69 Å². The van der Waals surface area contributed by atoms with E-state index in [0.717, 1.165) is 33.9 Å². The molecule has 1 amide bonds. The Balaban J connectivity index is 1.40. The zero-order valence-electron chi connectivity index (χ0n) is 16.9. The fraction of sp³-hybridized carbons (Fsp3) is 0.174. The van der Waals surface area contributed by atoms with Gasteiger partial charge < -0.3 is 5.32 Å². The molecule has 0 spiro atoms. The topological polar surface area (TPSA) is 85.1 Å². The van der Waals surface area contributed by atoms with E-state index in [9.17, 15) is 4.79 Å². The van der Waals surface area contributed by atoms with Crippen molar-refractivity contribution in [2.45, 2.75) is 26.7 Å². The average molecular weight is 398 g/mol. The van der Waals surface area contributed by atoms with E-state index in [4.69, 9.17) is 0 Å². The van der Waals surface area contributed by atoms with Crippen LogP contribution < -0.4 is 5.32 Å². The van der Waals surface area contributed by atoms with Gasteiger partial charge in [-0.1, -0.05) is 24.3 Å². The minimum Gasteiger partial charge on any atom is -0.326 e.